The van der Waals surface area contributed by atoms with Crippen molar-refractivity contribution in [2.24, 2.45) is 0 Å². The summed E-state index contributed by atoms with van der Waals surface area (Å²) in [6.07, 6.45) is -5.73. The second-order valence-electron chi connectivity index (χ2n) is 12.0. The lowest BCUT2D eigenvalue weighted by Crippen LogP contribution is -2.74. The lowest BCUT2D eigenvalue weighted by Gasteiger charge is -2.61. The van der Waals surface area contributed by atoms with Crippen LogP contribution in [0.3, 0.4) is 0 Å². The van der Waals surface area contributed by atoms with Crippen LogP contribution >= 0.6 is 0 Å². The summed E-state index contributed by atoms with van der Waals surface area (Å²) < 4.78 is 32.3. The summed E-state index contributed by atoms with van der Waals surface area (Å²) in [4.78, 5) is 74.5. The molecule has 2 aliphatic carbocycles. The molecule has 2 aliphatic heterocycles. The fourth-order valence-corrected chi connectivity index (χ4v) is 7.16. The van der Waals surface area contributed by atoms with Gasteiger partial charge in [0.2, 0.25) is 12.2 Å². The van der Waals surface area contributed by atoms with Gasteiger partial charge in [-0.25, -0.2) is 14.4 Å². The SMILES string of the molecule is COc1ccc2c3c1O[C@@H]1C(OC(=O)C[C@H](OC(C)=O)C(=O)O[C@@H](C)C(=O)O[C@@H](CC(=O)O)C(=O)O)=CC[C@]4(O)[C@H](C2)N(C)CC[C@@]314. The molecular weight excluding hydrogens is 626 g/mol. The second-order valence-corrected chi connectivity index (χ2v) is 12.0. The van der Waals surface area contributed by atoms with Crippen molar-refractivity contribution in [1.29, 1.82) is 0 Å². The van der Waals surface area contributed by atoms with Gasteiger partial charge in [-0.2, -0.15) is 0 Å². The minimum absolute atomic E-state index is 0.0964. The van der Waals surface area contributed by atoms with Crippen LogP contribution in [0.2, 0.25) is 0 Å². The lowest BCUT2D eigenvalue weighted by atomic mass is 9.50. The van der Waals surface area contributed by atoms with Gasteiger partial charge >= 0.3 is 35.8 Å². The molecule has 16 nitrogen and oxygen atoms in total. The number of likely N-dealkylation sites (tertiary alicyclic amines) is 1. The predicted molar refractivity (Wildman–Crippen MR) is 153 cm³/mol. The van der Waals surface area contributed by atoms with Crippen LogP contribution in [0.15, 0.2) is 24.0 Å². The van der Waals surface area contributed by atoms with Crippen molar-refractivity contribution in [2.75, 3.05) is 20.7 Å². The third kappa shape index (κ3) is 5.75. The first-order valence-electron chi connectivity index (χ1n) is 14.9. The van der Waals surface area contributed by atoms with Gasteiger partial charge in [-0.3, -0.25) is 14.4 Å². The van der Waals surface area contributed by atoms with Gasteiger partial charge in [0.15, 0.2) is 23.7 Å². The number of rotatable bonds is 12. The molecule has 1 saturated heterocycles. The molecule has 1 aromatic carbocycles. The van der Waals surface area contributed by atoms with Gasteiger partial charge in [0, 0.05) is 24.9 Å². The maximum atomic E-state index is 13.3. The highest BCUT2D eigenvalue weighted by Crippen LogP contribution is 2.65. The minimum Gasteiger partial charge on any atom is -0.493 e. The molecule has 0 aromatic heterocycles. The van der Waals surface area contributed by atoms with Crippen LogP contribution in [0.5, 0.6) is 11.5 Å². The maximum absolute atomic E-state index is 13.3. The highest BCUT2D eigenvalue weighted by molar-refractivity contribution is 5.88. The number of carbonyl (C=O) groups excluding carboxylic acids is 4. The highest BCUT2D eigenvalue weighted by Gasteiger charge is 2.72. The van der Waals surface area contributed by atoms with E-state index in [0.717, 1.165) is 25.0 Å². The van der Waals surface area contributed by atoms with E-state index in [9.17, 15) is 33.9 Å². The number of esters is 4. The first-order chi connectivity index (χ1) is 22.1. The Bertz CT molecular complexity index is 1550. The Kier molecular flexibility index (Phi) is 8.94. The molecule has 254 valence electrons. The maximum Gasteiger partial charge on any atom is 0.348 e. The Morgan fingerprint density at radius 1 is 1.04 bits per heavy atom. The standard InChI is InChI=1S/C31H35NO15/c1-14(28(39)46-19(27(37)38)12-22(34)35)43-29(40)20(44-15(2)33)13-23(36)45-18-7-8-31(41)21-11-16-5-6-17(42-4)25-24(16)30(31,26(18)47-25)9-10-32(21)3/h5-7,14,19-21,26,41H,8-13H2,1-4H3,(H,34,35)(H,37,38)/t14-,19-,20-,21-,26+,30+,31-/m0/s1. The van der Waals surface area contributed by atoms with E-state index in [-0.39, 0.29) is 18.2 Å². The third-order valence-electron chi connectivity index (χ3n) is 9.23. The summed E-state index contributed by atoms with van der Waals surface area (Å²) >= 11 is 0. The molecular formula is C31H35NO15. The fourth-order valence-electron chi connectivity index (χ4n) is 7.16. The van der Waals surface area contributed by atoms with Crippen LogP contribution in [0.1, 0.15) is 50.7 Å². The van der Waals surface area contributed by atoms with Crippen molar-refractivity contribution in [3.63, 3.8) is 0 Å². The van der Waals surface area contributed by atoms with E-state index in [2.05, 4.69) is 9.64 Å². The van der Waals surface area contributed by atoms with E-state index in [0.29, 0.717) is 30.9 Å². The molecule has 3 N–H and O–H groups in total. The van der Waals surface area contributed by atoms with E-state index in [1.165, 1.54) is 7.11 Å². The highest BCUT2D eigenvalue weighted by atomic mass is 16.6. The van der Waals surface area contributed by atoms with Gasteiger partial charge in [0.1, 0.15) is 5.76 Å². The van der Waals surface area contributed by atoms with Crippen molar-refractivity contribution < 1.29 is 72.5 Å². The summed E-state index contributed by atoms with van der Waals surface area (Å²) in [5.41, 5.74) is -0.430. The number of benzene rings is 1. The molecule has 7 atom stereocenters. The number of carboxylic acids is 2. The Morgan fingerprint density at radius 3 is 2.40 bits per heavy atom. The molecule has 47 heavy (non-hydrogen) atoms. The van der Waals surface area contributed by atoms with Gasteiger partial charge in [-0.15, -0.1) is 0 Å². The first kappa shape index (κ1) is 33.7. The number of ether oxygens (including phenoxy) is 6. The number of hydrogen-bond acceptors (Lipinski definition) is 14. The zero-order chi connectivity index (χ0) is 34.4. The van der Waals surface area contributed by atoms with Crippen LogP contribution in [0.25, 0.3) is 0 Å². The van der Waals surface area contributed by atoms with Crippen molar-refractivity contribution in [3.8, 4) is 11.5 Å². The number of aliphatic hydroxyl groups is 1. The number of piperidine rings is 1. The summed E-state index contributed by atoms with van der Waals surface area (Å²) in [5.74, 6) is -6.98. The average Bonchev–Trinajstić information content (AvgIpc) is 3.35. The Labute approximate surface area is 268 Å². The summed E-state index contributed by atoms with van der Waals surface area (Å²) in [7, 11) is 3.45. The Morgan fingerprint density at radius 2 is 1.77 bits per heavy atom. The largest absolute Gasteiger partial charge is 0.493 e. The molecule has 5 rings (SSSR count). The fraction of sp³-hybridized carbons (Fsp3) is 0.548. The quantitative estimate of drug-likeness (QED) is 0.202. The van der Waals surface area contributed by atoms with E-state index in [1.807, 2.05) is 13.1 Å². The van der Waals surface area contributed by atoms with Gasteiger partial charge in [-0.05, 0) is 51.1 Å². The second kappa shape index (κ2) is 12.5. The lowest BCUT2D eigenvalue weighted by molar-refractivity contribution is -0.184. The number of likely N-dealkylation sites (N-methyl/N-ethyl adjacent to an activating group) is 1. The molecule has 16 heteroatoms. The van der Waals surface area contributed by atoms with E-state index in [4.69, 9.17) is 33.9 Å². The minimum atomic E-state index is -2.05. The van der Waals surface area contributed by atoms with Gasteiger partial charge < -0.3 is 48.6 Å². The van der Waals surface area contributed by atoms with Crippen LogP contribution in [-0.4, -0.2) is 113 Å². The van der Waals surface area contributed by atoms with Crippen molar-refractivity contribution in [2.45, 2.75) is 87.4 Å². The van der Waals surface area contributed by atoms with Crippen LogP contribution in [0.4, 0.5) is 0 Å². The molecule has 0 unspecified atom stereocenters. The average molecular weight is 662 g/mol. The monoisotopic (exact) mass is 661 g/mol. The van der Waals surface area contributed by atoms with Crippen LogP contribution in [0, 0.1) is 0 Å². The van der Waals surface area contributed by atoms with E-state index >= 15 is 0 Å². The van der Waals surface area contributed by atoms with Crippen LogP contribution in [-0.2, 0) is 59.6 Å². The van der Waals surface area contributed by atoms with Crippen molar-refractivity contribution >= 4 is 35.8 Å². The molecule has 1 aromatic rings. The first-order valence-corrected chi connectivity index (χ1v) is 14.9. The molecule has 1 fully saturated rings. The number of hydrogen-bond donors (Lipinski definition) is 3. The molecule has 1 spiro atoms. The van der Waals surface area contributed by atoms with E-state index < -0.39 is 84.1 Å². The summed E-state index contributed by atoms with van der Waals surface area (Å²) in [6, 6.07) is 3.49. The van der Waals surface area contributed by atoms with Gasteiger partial charge in [-0.1, -0.05) is 6.07 Å². The predicted octanol–water partition coefficient (Wildman–Crippen LogP) is 0.241. The third-order valence-corrected chi connectivity index (χ3v) is 9.23. The number of methoxy groups -OCH3 is 1. The zero-order valence-corrected chi connectivity index (χ0v) is 26.0. The summed E-state index contributed by atoms with van der Waals surface area (Å²) in [5, 5.41) is 30.2. The number of carbonyl (C=O) groups is 6. The summed E-state index contributed by atoms with van der Waals surface area (Å²) in [6.45, 7) is 2.63. The molecule has 0 radical (unpaired) electrons. The number of nitrogens with zero attached hydrogens (tertiary/aromatic N) is 1. The Balaban J connectivity index is 1.33. The smallest absolute Gasteiger partial charge is 0.348 e. The van der Waals surface area contributed by atoms with Crippen LogP contribution < -0.4 is 9.47 Å². The molecule has 2 bridgehead atoms. The van der Waals surface area contributed by atoms with Gasteiger partial charge in [0.05, 0.1) is 31.0 Å². The normalized spacial score (nSPS) is 27.0. The molecule has 4 aliphatic rings. The molecule has 2 heterocycles. The number of aliphatic carboxylic acids is 2. The Hall–Kier alpha value is -4.70. The number of carboxylic acid groups (broad SMARTS) is 2. The molecule has 0 saturated carbocycles. The molecule has 0 amide bonds. The van der Waals surface area contributed by atoms with Gasteiger partial charge in [0.25, 0.3) is 0 Å². The topological polar surface area (TPSA) is 222 Å². The van der Waals surface area contributed by atoms with E-state index in [1.54, 1.807) is 12.1 Å². The zero-order valence-electron chi connectivity index (χ0n) is 26.0. The van der Waals surface area contributed by atoms with Crippen molar-refractivity contribution in [1.82, 2.24) is 4.90 Å². The van der Waals surface area contributed by atoms with Crippen molar-refractivity contribution in [3.05, 3.63) is 35.1 Å².